The van der Waals surface area contributed by atoms with Crippen LogP contribution < -0.4 is 10.1 Å². The first-order valence-corrected chi connectivity index (χ1v) is 10.2. The molecule has 8 nitrogen and oxygen atoms in total. The highest BCUT2D eigenvalue weighted by Gasteiger charge is 2.49. The molecule has 2 heterocycles. The van der Waals surface area contributed by atoms with Gasteiger partial charge in [-0.3, -0.25) is 9.69 Å². The van der Waals surface area contributed by atoms with Gasteiger partial charge in [0.25, 0.3) is 5.91 Å². The molecule has 0 bridgehead atoms. The van der Waals surface area contributed by atoms with Crippen LogP contribution in [0.25, 0.3) is 11.5 Å². The van der Waals surface area contributed by atoms with Gasteiger partial charge < -0.3 is 14.5 Å². The number of hydrogen-bond acceptors (Lipinski definition) is 6. The van der Waals surface area contributed by atoms with E-state index in [0.29, 0.717) is 11.6 Å². The van der Waals surface area contributed by atoms with Gasteiger partial charge in [-0.05, 0) is 67.1 Å². The summed E-state index contributed by atoms with van der Waals surface area (Å²) in [5.41, 5.74) is 2.96. The van der Waals surface area contributed by atoms with Crippen LogP contribution in [0, 0.1) is 0 Å². The molecule has 31 heavy (non-hydrogen) atoms. The fourth-order valence-corrected chi connectivity index (χ4v) is 4.22. The molecule has 1 aliphatic heterocycles. The summed E-state index contributed by atoms with van der Waals surface area (Å²) in [6.07, 6.45) is 3.18. The second kappa shape index (κ2) is 7.23. The molecule has 1 aliphatic carbocycles. The number of benzene rings is 2. The minimum absolute atomic E-state index is 0.0889. The number of carbonyl (C=O) groups is 2. The summed E-state index contributed by atoms with van der Waals surface area (Å²) in [5.74, 6) is 0.881. The van der Waals surface area contributed by atoms with Crippen molar-refractivity contribution < 1.29 is 18.7 Å². The lowest BCUT2D eigenvalue weighted by Crippen LogP contribution is -2.41. The number of hydrogen-bond donors (Lipinski definition) is 1. The van der Waals surface area contributed by atoms with Crippen LogP contribution in [-0.2, 0) is 29.7 Å². The lowest BCUT2D eigenvalue weighted by Gasteiger charge is -2.23. The Kier molecular flexibility index (Phi) is 4.50. The van der Waals surface area contributed by atoms with Crippen LogP contribution in [0.2, 0.25) is 0 Å². The van der Waals surface area contributed by atoms with Crippen LogP contribution in [-0.4, -0.2) is 34.1 Å². The van der Waals surface area contributed by atoms with Crippen molar-refractivity contribution in [2.75, 3.05) is 7.11 Å². The van der Waals surface area contributed by atoms with Crippen molar-refractivity contribution >= 4 is 11.9 Å². The number of ether oxygens (including phenoxy) is 1. The van der Waals surface area contributed by atoms with Gasteiger partial charge in [-0.15, -0.1) is 10.2 Å². The zero-order valence-corrected chi connectivity index (χ0v) is 17.3. The Bertz CT molecular complexity index is 1170. The predicted molar refractivity (Wildman–Crippen MR) is 111 cm³/mol. The first-order valence-electron chi connectivity index (χ1n) is 10.2. The molecule has 0 saturated carbocycles. The molecule has 1 aromatic heterocycles. The van der Waals surface area contributed by atoms with Crippen LogP contribution in [0.4, 0.5) is 4.79 Å². The van der Waals surface area contributed by atoms with Gasteiger partial charge in [0.2, 0.25) is 11.8 Å². The summed E-state index contributed by atoms with van der Waals surface area (Å²) in [5, 5.41) is 10.9. The summed E-state index contributed by atoms with van der Waals surface area (Å²) in [6.45, 7) is 1.65. The summed E-state index contributed by atoms with van der Waals surface area (Å²) in [4.78, 5) is 27.0. The molecule has 0 radical (unpaired) electrons. The summed E-state index contributed by atoms with van der Waals surface area (Å²) in [6, 6.07) is 12.7. The van der Waals surface area contributed by atoms with Crippen molar-refractivity contribution in [3.63, 3.8) is 0 Å². The quantitative estimate of drug-likeness (QED) is 0.639. The topological polar surface area (TPSA) is 97.6 Å². The molecule has 3 aromatic rings. The molecule has 1 atom stereocenters. The second-order valence-electron chi connectivity index (χ2n) is 8.01. The number of nitrogens with one attached hydrogen (secondary N) is 1. The highest BCUT2D eigenvalue weighted by atomic mass is 16.5. The standard InChI is InChI=1S/C23H22N4O4/c1-23(17-9-6-14-4-3-5-16(14)12-17)21(28)27(22(29)24-23)13-19-25-26-20(31-19)15-7-10-18(30-2)11-8-15/h6-12H,3-5,13H2,1-2H3,(H,24,29)/t23-/m1/s1. The Morgan fingerprint density at radius 1 is 1.10 bits per heavy atom. The van der Waals surface area contributed by atoms with E-state index in [1.54, 1.807) is 38.3 Å². The highest BCUT2D eigenvalue weighted by Crippen LogP contribution is 2.33. The van der Waals surface area contributed by atoms with Crippen LogP contribution in [0.5, 0.6) is 5.75 Å². The number of amides is 3. The molecule has 3 amide bonds. The first-order chi connectivity index (χ1) is 15.0. The number of imide groups is 1. The third-order valence-electron chi connectivity index (χ3n) is 6.05. The lowest BCUT2D eigenvalue weighted by molar-refractivity contribution is -0.131. The summed E-state index contributed by atoms with van der Waals surface area (Å²) >= 11 is 0. The minimum atomic E-state index is -1.12. The molecule has 8 heteroatoms. The molecule has 1 fully saturated rings. The van der Waals surface area contributed by atoms with Gasteiger partial charge in [0.05, 0.1) is 7.11 Å². The average Bonchev–Trinajstić information content (AvgIpc) is 3.49. The van der Waals surface area contributed by atoms with E-state index in [1.807, 2.05) is 12.1 Å². The van der Waals surface area contributed by atoms with E-state index in [1.165, 1.54) is 11.1 Å². The molecule has 0 spiro atoms. The molecular formula is C23H22N4O4. The van der Waals surface area contributed by atoms with E-state index in [9.17, 15) is 9.59 Å². The molecule has 1 saturated heterocycles. The fraction of sp³-hybridized carbons (Fsp3) is 0.304. The normalized spacial score (nSPS) is 20.1. The van der Waals surface area contributed by atoms with Crippen LogP contribution in [0.3, 0.4) is 0 Å². The van der Waals surface area contributed by atoms with E-state index >= 15 is 0 Å². The number of methoxy groups -OCH3 is 1. The molecule has 1 N–H and O–H groups in total. The molecule has 2 aliphatic rings. The maximum Gasteiger partial charge on any atom is 0.325 e. The fourth-order valence-electron chi connectivity index (χ4n) is 4.22. The average molecular weight is 418 g/mol. The van der Waals surface area contributed by atoms with Gasteiger partial charge in [-0.2, -0.15) is 0 Å². The maximum absolute atomic E-state index is 13.2. The molecule has 5 rings (SSSR count). The number of carbonyl (C=O) groups excluding carboxylic acids is 2. The van der Waals surface area contributed by atoms with Gasteiger partial charge in [-0.1, -0.05) is 18.2 Å². The van der Waals surface area contributed by atoms with Gasteiger partial charge in [0.15, 0.2) is 0 Å². The van der Waals surface area contributed by atoms with Crippen molar-refractivity contribution in [3.05, 3.63) is 65.0 Å². The van der Waals surface area contributed by atoms with Crippen molar-refractivity contribution in [3.8, 4) is 17.2 Å². The SMILES string of the molecule is COc1ccc(-c2nnc(CN3C(=O)N[C@](C)(c4ccc5c(c4)CCC5)C3=O)o2)cc1. The van der Waals surface area contributed by atoms with Gasteiger partial charge in [-0.25, -0.2) is 4.79 Å². The number of nitrogens with zero attached hydrogens (tertiary/aromatic N) is 3. The van der Waals surface area contributed by atoms with E-state index in [4.69, 9.17) is 9.15 Å². The number of fused-ring (bicyclic) bond motifs is 1. The van der Waals surface area contributed by atoms with Crippen molar-refractivity contribution in [2.45, 2.75) is 38.3 Å². The number of rotatable bonds is 5. The third kappa shape index (κ3) is 3.24. The summed E-state index contributed by atoms with van der Waals surface area (Å²) < 4.78 is 10.8. The lowest BCUT2D eigenvalue weighted by atomic mass is 9.90. The van der Waals surface area contributed by atoms with Crippen molar-refractivity contribution in [1.82, 2.24) is 20.4 Å². The Morgan fingerprint density at radius 3 is 2.65 bits per heavy atom. The molecule has 158 valence electrons. The van der Waals surface area contributed by atoms with E-state index in [2.05, 4.69) is 21.6 Å². The predicted octanol–water partition coefficient (Wildman–Crippen LogP) is 3.20. The van der Waals surface area contributed by atoms with E-state index in [-0.39, 0.29) is 18.3 Å². The van der Waals surface area contributed by atoms with E-state index < -0.39 is 11.6 Å². The smallest absolute Gasteiger partial charge is 0.325 e. The largest absolute Gasteiger partial charge is 0.497 e. The Labute approximate surface area is 179 Å². The highest BCUT2D eigenvalue weighted by molar-refractivity contribution is 6.07. The van der Waals surface area contributed by atoms with Crippen LogP contribution in [0.1, 0.15) is 35.9 Å². The van der Waals surface area contributed by atoms with Crippen molar-refractivity contribution in [2.24, 2.45) is 0 Å². The van der Waals surface area contributed by atoms with E-state index in [0.717, 1.165) is 35.3 Å². The van der Waals surface area contributed by atoms with Gasteiger partial charge in [0, 0.05) is 5.56 Å². The third-order valence-corrected chi connectivity index (χ3v) is 6.05. The first kappa shape index (κ1) is 19.3. The monoisotopic (exact) mass is 418 g/mol. The maximum atomic E-state index is 13.2. The Hall–Kier alpha value is -3.68. The minimum Gasteiger partial charge on any atom is -0.497 e. The van der Waals surface area contributed by atoms with Crippen molar-refractivity contribution in [1.29, 1.82) is 0 Å². The molecule has 0 unspecified atom stereocenters. The van der Waals surface area contributed by atoms with Gasteiger partial charge >= 0.3 is 6.03 Å². The summed E-state index contributed by atoms with van der Waals surface area (Å²) in [7, 11) is 1.59. The Balaban J connectivity index is 1.36. The Morgan fingerprint density at radius 2 is 1.87 bits per heavy atom. The second-order valence-corrected chi connectivity index (χ2v) is 8.01. The zero-order chi connectivity index (χ0) is 21.6. The molecule has 2 aromatic carbocycles. The number of aromatic nitrogens is 2. The van der Waals surface area contributed by atoms with Crippen LogP contribution >= 0.6 is 0 Å². The number of aryl methyl sites for hydroxylation is 2. The van der Waals surface area contributed by atoms with Gasteiger partial charge in [0.1, 0.15) is 17.8 Å². The number of urea groups is 1. The zero-order valence-electron chi connectivity index (χ0n) is 17.3. The molecular weight excluding hydrogens is 396 g/mol. The van der Waals surface area contributed by atoms with Crippen LogP contribution in [0.15, 0.2) is 46.9 Å².